The van der Waals surface area contributed by atoms with E-state index in [9.17, 15) is 8.42 Å². The summed E-state index contributed by atoms with van der Waals surface area (Å²) in [5, 5.41) is 0. The lowest BCUT2D eigenvalue weighted by atomic mass is 9.79. The molecule has 1 aliphatic carbocycles. The van der Waals surface area contributed by atoms with Crippen molar-refractivity contribution in [3.63, 3.8) is 0 Å². The molecule has 4 nitrogen and oxygen atoms in total. The van der Waals surface area contributed by atoms with Crippen LogP contribution in [0.25, 0.3) is 0 Å². The first kappa shape index (κ1) is 18.9. The molecule has 0 fully saturated rings. The van der Waals surface area contributed by atoms with Gasteiger partial charge in [-0.2, -0.15) is 8.42 Å². The number of methoxy groups -OCH3 is 1. The average Bonchev–Trinajstić information content (AvgIpc) is 2.60. The molecule has 0 radical (unpaired) electrons. The van der Waals surface area contributed by atoms with Crippen molar-refractivity contribution in [2.24, 2.45) is 0 Å². The molecule has 2 aromatic carbocycles. The van der Waals surface area contributed by atoms with Crippen molar-refractivity contribution in [1.29, 1.82) is 0 Å². The third kappa shape index (κ3) is 3.79. The Hall–Kier alpha value is -1.85. The topological polar surface area (TPSA) is 52.6 Å². The van der Waals surface area contributed by atoms with Crippen molar-refractivity contribution < 1.29 is 17.3 Å². The van der Waals surface area contributed by atoms with Gasteiger partial charge in [-0.15, -0.1) is 0 Å². The number of fused-ring (bicyclic) bond motifs is 1. The van der Waals surface area contributed by atoms with Crippen molar-refractivity contribution in [1.82, 2.24) is 0 Å². The normalized spacial score (nSPS) is 18.2. The maximum atomic E-state index is 12.6. The minimum absolute atomic E-state index is 0.0589. The van der Waals surface area contributed by atoms with Crippen LogP contribution in [0.5, 0.6) is 5.75 Å². The van der Waals surface area contributed by atoms with Crippen LogP contribution in [-0.4, -0.2) is 21.6 Å². The predicted molar refractivity (Wildman–Crippen MR) is 102 cm³/mol. The van der Waals surface area contributed by atoms with E-state index < -0.39 is 16.2 Å². The number of hydrogen-bond donors (Lipinski definition) is 0. The van der Waals surface area contributed by atoms with E-state index in [1.165, 1.54) is 11.1 Å². The molecule has 1 aliphatic rings. The SMILES string of the molecule is COc1cc2c(cc1C)[C@@H](C(C)OS(=O)(=O)c1ccc(C)cc1)CCC2. The minimum atomic E-state index is -3.78. The largest absolute Gasteiger partial charge is 0.496 e. The zero-order valence-electron chi connectivity index (χ0n) is 15.8. The predicted octanol–water partition coefficient (Wildman–Crippen LogP) is 4.53. The molecule has 2 atom stereocenters. The van der Waals surface area contributed by atoms with E-state index in [2.05, 4.69) is 12.1 Å². The number of benzene rings is 2. The van der Waals surface area contributed by atoms with Crippen LogP contribution in [0.1, 0.15) is 47.9 Å². The Morgan fingerprint density at radius 3 is 2.46 bits per heavy atom. The second-order valence-electron chi connectivity index (χ2n) is 7.09. The Kier molecular flexibility index (Phi) is 5.39. The fraction of sp³-hybridized carbons (Fsp3) is 0.429. The van der Waals surface area contributed by atoms with E-state index in [0.29, 0.717) is 0 Å². The van der Waals surface area contributed by atoms with Crippen LogP contribution in [0.4, 0.5) is 0 Å². The zero-order valence-corrected chi connectivity index (χ0v) is 16.6. The van der Waals surface area contributed by atoms with Gasteiger partial charge in [0, 0.05) is 5.92 Å². The van der Waals surface area contributed by atoms with Gasteiger partial charge in [-0.05, 0) is 74.9 Å². The molecule has 1 unspecified atom stereocenters. The summed E-state index contributed by atoms with van der Waals surface area (Å²) in [5.74, 6) is 0.939. The molecule has 0 amide bonds. The van der Waals surface area contributed by atoms with Crippen LogP contribution < -0.4 is 4.74 Å². The average molecular weight is 375 g/mol. The molecule has 0 aliphatic heterocycles. The lowest BCUT2D eigenvalue weighted by Crippen LogP contribution is -2.26. The molecule has 0 heterocycles. The molecular formula is C21H26O4S. The van der Waals surface area contributed by atoms with E-state index >= 15 is 0 Å². The monoisotopic (exact) mass is 374 g/mol. The fourth-order valence-electron chi connectivity index (χ4n) is 3.72. The lowest BCUT2D eigenvalue weighted by molar-refractivity contribution is 0.185. The summed E-state index contributed by atoms with van der Waals surface area (Å²) >= 11 is 0. The highest BCUT2D eigenvalue weighted by atomic mass is 32.2. The van der Waals surface area contributed by atoms with Gasteiger partial charge in [-0.25, -0.2) is 0 Å². The van der Waals surface area contributed by atoms with Crippen LogP contribution in [0, 0.1) is 13.8 Å². The second-order valence-corrected chi connectivity index (χ2v) is 8.66. The highest BCUT2D eigenvalue weighted by Crippen LogP contribution is 2.39. The molecular weight excluding hydrogens is 348 g/mol. The quantitative estimate of drug-likeness (QED) is 0.722. The summed E-state index contributed by atoms with van der Waals surface area (Å²) in [6, 6.07) is 11.0. The number of rotatable bonds is 5. The molecule has 0 spiro atoms. The molecule has 0 aromatic heterocycles. The molecule has 0 saturated carbocycles. The van der Waals surface area contributed by atoms with Gasteiger partial charge >= 0.3 is 0 Å². The maximum Gasteiger partial charge on any atom is 0.297 e. The van der Waals surface area contributed by atoms with Gasteiger partial charge in [0.1, 0.15) is 5.75 Å². The Morgan fingerprint density at radius 2 is 1.81 bits per heavy atom. The Labute approximate surface area is 156 Å². The van der Waals surface area contributed by atoms with E-state index in [4.69, 9.17) is 8.92 Å². The molecule has 140 valence electrons. The van der Waals surface area contributed by atoms with Crippen LogP contribution in [0.3, 0.4) is 0 Å². The minimum Gasteiger partial charge on any atom is -0.496 e. The summed E-state index contributed by atoms with van der Waals surface area (Å²) in [6.45, 7) is 5.79. The summed E-state index contributed by atoms with van der Waals surface area (Å²) in [4.78, 5) is 0.205. The van der Waals surface area contributed by atoms with Gasteiger partial charge in [-0.3, -0.25) is 4.18 Å². The van der Waals surface area contributed by atoms with Gasteiger partial charge < -0.3 is 4.74 Å². The van der Waals surface area contributed by atoms with E-state index in [1.807, 2.05) is 20.8 Å². The first-order chi connectivity index (χ1) is 12.3. The lowest BCUT2D eigenvalue weighted by Gasteiger charge is -2.30. The summed E-state index contributed by atoms with van der Waals surface area (Å²) in [6.07, 6.45) is 2.50. The van der Waals surface area contributed by atoms with Crippen molar-refractivity contribution in [3.8, 4) is 5.75 Å². The molecule has 26 heavy (non-hydrogen) atoms. The first-order valence-electron chi connectivity index (χ1n) is 8.99. The second kappa shape index (κ2) is 7.41. The molecule has 5 heteroatoms. The van der Waals surface area contributed by atoms with Gasteiger partial charge in [0.05, 0.1) is 18.1 Å². The van der Waals surface area contributed by atoms with Crippen LogP contribution in [0.15, 0.2) is 41.3 Å². The summed E-state index contributed by atoms with van der Waals surface area (Å²) < 4.78 is 36.3. The summed E-state index contributed by atoms with van der Waals surface area (Å²) in [7, 11) is -2.10. The number of hydrogen-bond acceptors (Lipinski definition) is 4. The first-order valence-corrected chi connectivity index (χ1v) is 10.4. The van der Waals surface area contributed by atoms with Crippen molar-refractivity contribution in [3.05, 3.63) is 58.7 Å². The van der Waals surface area contributed by atoms with E-state index in [1.54, 1.807) is 31.4 Å². The summed E-state index contributed by atoms with van der Waals surface area (Å²) in [5.41, 5.74) is 4.49. The van der Waals surface area contributed by atoms with Crippen LogP contribution >= 0.6 is 0 Å². The Morgan fingerprint density at radius 1 is 1.12 bits per heavy atom. The van der Waals surface area contributed by atoms with Gasteiger partial charge in [0.2, 0.25) is 0 Å². The van der Waals surface area contributed by atoms with Crippen molar-refractivity contribution in [2.75, 3.05) is 7.11 Å². The standard InChI is InChI=1S/C21H26O4S/c1-14-8-10-18(11-9-14)26(22,23)25-16(3)19-7-5-6-17-13-21(24-4)15(2)12-20(17)19/h8-13,16,19H,5-7H2,1-4H3/t16?,19-/m1/s1. The molecule has 0 bridgehead atoms. The third-order valence-electron chi connectivity index (χ3n) is 5.17. The smallest absolute Gasteiger partial charge is 0.297 e. The highest BCUT2D eigenvalue weighted by Gasteiger charge is 2.30. The highest BCUT2D eigenvalue weighted by molar-refractivity contribution is 7.86. The van der Waals surface area contributed by atoms with Gasteiger partial charge in [0.15, 0.2) is 0 Å². The molecule has 0 N–H and O–H groups in total. The zero-order chi connectivity index (χ0) is 18.9. The number of ether oxygens (including phenoxy) is 1. The van der Waals surface area contributed by atoms with Crippen LogP contribution in [-0.2, 0) is 20.7 Å². The Balaban J connectivity index is 1.86. The Bertz CT molecular complexity index is 885. The van der Waals surface area contributed by atoms with Gasteiger partial charge in [-0.1, -0.05) is 23.8 Å². The molecule has 2 aromatic rings. The van der Waals surface area contributed by atoms with E-state index in [0.717, 1.165) is 36.1 Å². The van der Waals surface area contributed by atoms with Crippen LogP contribution in [0.2, 0.25) is 0 Å². The third-order valence-corrected chi connectivity index (χ3v) is 6.58. The molecule has 3 rings (SSSR count). The molecule has 0 saturated heterocycles. The van der Waals surface area contributed by atoms with E-state index in [-0.39, 0.29) is 10.8 Å². The maximum absolute atomic E-state index is 12.6. The number of aryl methyl sites for hydroxylation is 3. The van der Waals surface area contributed by atoms with Gasteiger partial charge in [0.25, 0.3) is 10.1 Å². The van der Waals surface area contributed by atoms with Crippen molar-refractivity contribution in [2.45, 2.75) is 57.0 Å². The fourth-order valence-corrected chi connectivity index (χ4v) is 4.83. The van der Waals surface area contributed by atoms with Crippen molar-refractivity contribution >= 4 is 10.1 Å².